The number of aryl methyl sites for hydroxylation is 1. The molecule has 98 valence electrons. The minimum absolute atomic E-state index is 0.0285. The summed E-state index contributed by atoms with van der Waals surface area (Å²) in [6, 6.07) is 0.902. The lowest BCUT2D eigenvalue weighted by Crippen LogP contribution is -2.08. The van der Waals surface area contributed by atoms with E-state index in [1.165, 1.54) is 0 Å². The maximum absolute atomic E-state index is 12.6. The minimum atomic E-state index is -4.55. The highest BCUT2D eigenvalue weighted by Crippen LogP contribution is 2.31. The lowest BCUT2D eigenvalue weighted by Gasteiger charge is -2.08. The molecule has 3 nitrogen and oxygen atoms in total. The normalized spacial score (nSPS) is 12.6. The van der Waals surface area contributed by atoms with E-state index in [-0.39, 0.29) is 17.6 Å². The minimum Gasteiger partial charge on any atom is -0.220 e. The topological polar surface area (TPSA) is 30.2 Å². The van der Waals surface area contributed by atoms with Gasteiger partial charge in [-0.15, -0.1) is 5.10 Å². The molecule has 0 atom stereocenters. The van der Waals surface area contributed by atoms with Crippen molar-refractivity contribution in [2.24, 2.45) is 0 Å². The number of rotatable bonds is 2. The van der Waals surface area contributed by atoms with Crippen LogP contribution in [0.25, 0.3) is 5.65 Å². The Hall–Kier alpha value is -1.73. The summed E-state index contributed by atoms with van der Waals surface area (Å²) in [5.74, 6) is -0.774. The third-order valence-electron chi connectivity index (χ3n) is 2.43. The Balaban J connectivity index is 2.68. The number of aromatic nitrogens is 3. The molecule has 2 heterocycles. The third kappa shape index (κ3) is 2.14. The van der Waals surface area contributed by atoms with Crippen molar-refractivity contribution in [3.05, 3.63) is 29.2 Å². The summed E-state index contributed by atoms with van der Waals surface area (Å²) in [4.78, 5) is 3.54. The molecule has 0 spiro atoms. The number of pyridine rings is 1. The first-order valence-electron chi connectivity index (χ1n) is 5.07. The van der Waals surface area contributed by atoms with Gasteiger partial charge in [0, 0.05) is 6.20 Å². The van der Waals surface area contributed by atoms with Crippen LogP contribution in [0, 0.1) is 0 Å². The number of fused-ring (bicyclic) bond motifs is 1. The van der Waals surface area contributed by atoms with Crippen LogP contribution in [-0.2, 0) is 12.6 Å². The first-order valence-corrected chi connectivity index (χ1v) is 5.07. The van der Waals surface area contributed by atoms with E-state index in [1.807, 2.05) is 0 Å². The van der Waals surface area contributed by atoms with Gasteiger partial charge in [-0.05, 0) is 18.1 Å². The van der Waals surface area contributed by atoms with E-state index in [9.17, 15) is 22.0 Å². The highest BCUT2D eigenvalue weighted by molar-refractivity contribution is 5.49. The monoisotopic (exact) mass is 265 g/mol. The lowest BCUT2D eigenvalue weighted by molar-refractivity contribution is -0.138. The van der Waals surface area contributed by atoms with Crippen molar-refractivity contribution in [2.75, 3.05) is 0 Å². The Morgan fingerprint density at radius 2 is 2.00 bits per heavy atom. The van der Waals surface area contributed by atoms with E-state index in [2.05, 4.69) is 10.1 Å². The molecule has 2 aromatic rings. The molecular weight excluding hydrogens is 257 g/mol. The van der Waals surface area contributed by atoms with Gasteiger partial charge in [0.25, 0.3) is 6.43 Å². The van der Waals surface area contributed by atoms with Gasteiger partial charge in [0.05, 0.1) is 5.56 Å². The van der Waals surface area contributed by atoms with Crippen molar-refractivity contribution in [2.45, 2.75) is 25.9 Å². The van der Waals surface area contributed by atoms with Gasteiger partial charge < -0.3 is 0 Å². The molecular formula is C10H8F5N3. The van der Waals surface area contributed by atoms with Gasteiger partial charge in [-0.2, -0.15) is 13.2 Å². The molecule has 0 aliphatic heterocycles. The number of halogens is 5. The van der Waals surface area contributed by atoms with Crippen LogP contribution < -0.4 is 0 Å². The second-order valence-electron chi connectivity index (χ2n) is 3.64. The second-order valence-corrected chi connectivity index (χ2v) is 3.64. The summed E-state index contributed by atoms with van der Waals surface area (Å²) >= 11 is 0. The van der Waals surface area contributed by atoms with Crippen LogP contribution in [0.5, 0.6) is 0 Å². The zero-order chi connectivity index (χ0) is 13.5. The molecule has 0 aromatic carbocycles. The maximum atomic E-state index is 12.6. The first kappa shape index (κ1) is 12.7. The summed E-state index contributed by atoms with van der Waals surface area (Å²) in [5, 5.41) is 3.35. The van der Waals surface area contributed by atoms with Crippen molar-refractivity contribution in [3.63, 3.8) is 0 Å². The molecule has 2 aromatic heterocycles. The van der Waals surface area contributed by atoms with Crippen molar-refractivity contribution in [3.8, 4) is 0 Å². The fraction of sp³-hybridized carbons (Fsp3) is 0.400. The van der Waals surface area contributed by atoms with Crippen LogP contribution in [0.1, 0.15) is 30.3 Å². The van der Waals surface area contributed by atoms with Crippen LogP contribution in [0.2, 0.25) is 0 Å². The molecule has 0 fully saturated rings. The molecule has 0 saturated heterocycles. The zero-order valence-electron chi connectivity index (χ0n) is 9.17. The lowest BCUT2D eigenvalue weighted by atomic mass is 10.1. The van der Waals surface area contributed by atoms with Gasteiger partial charge in [0.2, 0.25) is 5.82 Å². The fourth-order valence-corrected chi connectivity index (χ4v) is 1.58. The zero-order valence-corrected chi connectivity index (χ0v) is 9.17. The van der Waals surface area contributed by atoms with Gasteiger partial charge in [0.15, 0.2) is 5.65 Å². The summed E-state index contributed by atoms with van der Waals surface area (Å²) in [5.41, 5.74) is -0.678. The van der Waals surface area contributed by atoms with Gasteiger partial charge in [0.1, 0.15) is 0 Å². The average molecular weight is 265 g/mol. The van der Waals surface area contributed by atoms with Gasteiger partial charge >= 0.3 is 6.18 Å². The van der Waals surface area contributed by atoms with Crippen LogP contribution in [0.4, 0.5) is 22.0 Å². The highest BCUT2D eigenvalue weighted by atomic mass is 19.4. The molecule has 0 N–H and O–H groups in total. The fourth-order valence-electron chi connectivity index (χ4n) is 1.58. The van der Waals surface area contributed by atoms with E-state index in [1.54, 1.807) is 6.92 Å². The van der Waals surface area contributed by atoms with E-state index in [0.717, 1.165) is 10.6 Å². The van der Waals surface area contributed by atoms with Gasteiger partial charge in [-0.1, -0.05) is 6.92 Å². The number of alkyl halides is 5. The first-order chi connectivity index (χ1) is 8.32. The van der Waals surface area contributed by atoms with Crippen LogP contribution >= 0.6 is 0 Å². The summed E-state index contributed by atoms with van der Waals surface area (Å²) in [7, 11) is 0. The maximum Gasteiger partial charge on any atom is 0.417 e. The smallest absolute Gasteiger partial charge is 0.220 e. The standard InChI is InChI=1S/C10H8F5N3/c1-2-5-3-6(10(13,14)15)4-18-9(5)16-8(17-18)7(11)12/h3-4,7H,2H2,1H3. The van der Waals surface area contributed by atoms with E-state index >= 15 is 0 Å². The molecule has 0 saturated carbocycles. The predicted molar refractivity (Wildman–Crippen MR) is 52.3 cm³/mol. The molecule has 0 radical (unpaired) electrons. The average Bonchev–Trinajstić information content (AvgIpc) is 2.70. The molecule has 0 aliphatic carbocycles. The molecule has 0 aliphatic rings. The third-order valence-corrected chi connectivity index (χ3v) is 2.43. The Kier molecular flexibility index (Phi) is 2.95. The Bertz CT molecular complexity index is 573. The van der Waals surface area contributed by atoms with Gasteiger partial charge in [-0.3, -0.25) is 0 Å². The van der Waals surface area contributed by atoms with Crippen LogP contribution in [-0.4, -0.2) is 14.6 Å². The summed E-state index contributed by atoms with van der Waals surface area (Å²) in [6.45, 7) is 1.62. The molecule has 2 rings (SSSR count). The largest absolute Gasteiger partial charge is 0.417 e. The van der Waals surface area contributed by atoms with Crippen molar-refractivity contribution >= 4 is 5.65 Å². The summed E-state index contributed by atoms with van der Waals surface area (Å²) < 4.78 is 63.3. The number of hydrogen-bond donors (Lipinski definition) is 0. The van der Waals surface area contributed by atoms with Crippen LogP contribution in [0.15, 0.2) is 12.3 Å². The molecule has 0 bridgehead atoms. The van der Waals surface area contributed by atoms with Crippen molar-refractivity contribution in [1.29, 1.82) is 0 Å². The molecule has 0 amide bonds. The Labute approximate surface area is 98.2 Å². The van der Waals surface area contributed by atoms with Crippen LogP contribution in [0.3, 0.4) is 0 Å². The van der Waals surface area contributed by atoms with E-state index in [0.29, 0.717) is 6.20 Å². The number of hydrogen-bond acceptors (Lipinski definition) is 2. The van der Waals surface area contributed by atoms with Crippen molar-refractivity contribution < 1.29 is 22.0 Å². The van der Waals surface area contributed by atoms with Gasteiger partial charge in [-0.25, -0.2) is 18.3 Å². The van der Waals surface area contributed by atoms with Crippen molar-refractivity contribution in [1.82, 2.24) is 14.6 Å². The summed E-state index contributed by atoms with van der Waals surface area (Å²) in [6.07, 6.45) is -6.55. The molecule has 18 heavy (non-hydrogen) atoms. The van der Waals surface area contributed by atoms with E-state index in [4.69, 9.17) is 0 Å². The quantitative estimate of drug-likeness (QED) is 0.780. The highest BCUT2D eigenvalue weighted by Gasteiger charge is 2.32. The predicted octanol–water partition coefficient (Wildman–Crippen LogP) is 3.25. The second kappa shape index (κ2) is 4.18. The SMILES string of the molecule is CCc1cc(C(F)(F)F)cn2nc(C(F)F)nc12. The Morgan fingerprint density at radius 1 is 1.33 bits per heavy atom. The molecule has 8 heteroatoms. The number of nitrogens with zero attached hydrogens (tertiary/aromatic N) is 3. The molecule has 0 unspecified atom stereocenters. The Morgan fingerprint density at radius 3 is 2.50 bits per heavy atom. The van der Waals surface area contributed by atoms with E-state index < -0.39 is 24.0 Å².